The van der Waals surface area contributed by atoms with Crippen LogP contribution in [0.2, 0.25) is 0 Å². The Morgan fingerprint density at radius 2 is 2.29 bits per heavy atom. The fourth-order valence-electron chi connectivity index (χ4n) is 0.944. The molecule has 1 heterocycles. The maximum atomic E-state index is 11.0. The van der Waals surface area contributed by atoms with Crippen molar-refractivity contribution in [3.8, 4) is 0 Å². The summed E-state index contributed by atoms with van der Waals surface area (Å²) in [5, 5.41) is 3.57. The number of alkyl halides is 1. The molecule has 1 aromatic heterocycles. The molecule has 14 heavy (non-hydrogen) atoms. The van der Waals surface area contributed by atoms with Gasteiger partial charge in [-0.25, -0.2) is 13.1 Å². The number of hydrogen-bond acceptors (Lipinski definition) is 3. The van der Waals surface area contributed by atoms with E-state index < -0.39 is 15.2 Å². The van der Waals surface area contributed by atoms with Gasteiger partial charge in [0.1, 0.15) is 5.21 Å². The zero-order chi connectivity index (χ0) is 10.8. The molecule has 1 aromatic rings. The molecule has 7 heteroatoms. The Morgan fingerprint density at radius 3 is 2.71 bits per heavy atom. The minimum atomic E-state index is -3.35. The van der Waals surface area contributed by atoms with Crippen LogP contribution in [0.25, 0.3) is 0 Å². The van der Waals surface area contributed by atoms with Crippen LogP contribution in [-0.2, 0) is 23.6 Å². The van der Waals surface area contributed by atoms with E-state index in [0.717, 1.165) is 11.3 Å². The van der Waals surface area contributed by atoms with Crippen LogP contribution in [0.15, 0.2) is 6.20 Å². The van der Waals surface area contributed by atoms with Gasteiger partial charge in [-0.05, 0) is 6.92 Å². The van der Waals surface area contributed by atoms with Crippen LogP contribution in [-0.4, -0.2) is 23.4 Å². The molecular formula is C7H12ClN3O2S. The molecule has 0 bridgehead atoms. The third-order valence-corrected chi connectivity index (χ3v) is 3.70. The highest BCUT2D eigenvalue weighted by molar-refractivity contribution is 7.90. The number of rotatable bonds is 4. The van der Waals surface area contributed by atoms with Crippen molar-refractivity contribution in [3.05, 3.63) is 17.5 Å². The van der Waals surface area contributed by atoms with Crippen LogP contribution >= 0.6 is 11.6 Å². The summed E-state index contributed by atoms with van der Waals surface area (Å²) in [7, 11) is -1.55. The average Bonchev–Trinajstić information content (AvgIpc) is 2.45. The average molecular weight is 238 g/mol. The number of aromatic nitrogens is 2. The van der Waals surface area contributed by atoms with E-state index in [1.807, 2.05) is 6.92 Å². The molecule has 0 spiro atoms. The van der Waals surface area contributed by atoms with Crippen LogP contribution in [0.3, 0.4) is 0 Å². The van der Waals surface area contributed by atoms with Crippen molar-refractivity contribution < 1.29 is 8.42 Å². The molecule has 0 aliphatic rings. The predicted octanol–water partition coefficient (Wildman–Crippen LogP) is 0.344. The van der Waals surface area contributed by atoms with Gasteiger partial charge in [-0.2, -0.15) is 5.10 Å². The molecule has 0 saturated heterocycles. The number of sulfonamides is 1. The molecule has 0 saturated carbocycles. The highest BCUT2D eigenvalue weighted by Gasteiger charge is 2.09. The molecule has 0 radical (unpaired) electrons. The normalized spacial score (nSPS) is 11.9. The van der Waals surface area contributed by atoms with Gasteiger partial charge >= 0.3 is 0 Å². The smallest absolute Gasteiger partial charge is 0.225 e. The van der Waals surface area contributed by atoms with Gasteiger partial charge in [-0.3, -0.25) is 4.68 Å². The van der Waals surface area contributed by atoms with E-state index in [9.17, 15) is 8.42 Å². The SMILES string of the molecule is Cc1c(CNS(=O)(=O)CCl)cnn1C. The van der Waals surface area contributed by atoms with Gasteiger partial charge in [-0.15, -0.1) is 11.6 Å². The van der Waals surface area contributed by atoms with Gasteiger partial charge in [-0.1, -0.05) is 0 Å². The standard InChI is InChI=1S/C7H12ClN3O2S/c1-6-7(3-9-11(6)2)4-10-14(12,13)5-8/h3,10H,4-5H2,1-2H3. The van der Waals surface area contributed by atoms with Gasteiger partial charge in [0.2, 0.25) is 10.0 Å². The van der Waals surface area contributed by atoms with E-state index in [1.54, 1.807) is 17.9 Å². The number of nitrogens with zero attached hydrogens (tertiary/aromatic N) is 2. The van der Waals surface area contributed by atoms with Crippen LogP contribution in [0.4, 0.5) is 0 Å². The molecule has 0 aliphatic heterocycles. The summed E-state index contributed by atoms with van der Waals surface area (Å²) in [6.07, 6.45) is 1.63. The Labute approximate surface area is 88.1 Å². The first-order chi connectivity index (χ1) is 6.46. The third kappa shape index (κ3) is 2.70. The summed E-state index contributed by atoms with van der Waals surface area (Å²) in [4.78, 5) is 0. The van der Waals surface area contributed by atoms with E-state index in [-0.39, 0.29) is 6.54 Å². The summed E-state index contributed by atoms with van der Waals surface area (Å²) in [6.45, 7) is 2.10. The maximum Gasteiger partial charge on any atom is 0.225 e. The van der Waals surface area contributed by atoms with Gasteiger partial charge < -0.3 is 0 Å². The van der Waals surface area contributed by atoms with E-state index in [4.69, 9.17) is 11.6 Å². The van der Waals surface area contributed by atoms with Crippen LogP contribution < -0.4 is 4.72 Å². The van der Waals surface area contributed by atoms with Gasteiger partial charge in [0, 0.05) is 24.8 Å². The molecule has 80 valence electrons. The fraction of sp³-hybridized carbons (Fsp3) is 0.571. The lowest BCUT2D eigenvalue weighted by atomic mass is 10.3. The molecule has 1 N–H and O–H groups in total. The lowest BCUT2D eigenvalue weighted by molar-refractivity contribution is 0.586. The van der Waals surface area contributed by atoms with Crippen molar-refractivity contribution in [3.63, 3.8) is 0 Å². The molecule has 5 nitrogen and oxygen atoms in total. The number of nitrogens with one attached hydrogen (secondary N) is 1. The maximum absolute atomic E-state index is 11.0. The predicted molar refractivity (Wildman–Crippen MR) is 54.4 cm³/mol. The second-order valence-electron chi connectivity index (χ2n) is 2.92. The summed E-state index contributed by atoms with van der Waals surface area (Å²) in [6, 6.07) is 0. The van der Waals surface area contributed by atoms with Crippen molar-refractivity contribution >= 4 is 21.6 Å². The van der Waals surface area contributed by atoms with Crippen molar-refractivity contribution in [2.45, 2.75) is 13.5 Å². The van der Waals surface area contributed by atoms with Crippen LogP contribution in [0.5, 0.6) is 0 Å². The Morgan fingerprint density at radius 1 is 1.64 bits per heavy atom. The summed E-state index contributed by atoms with van der Waals surface area (Å²) in [5.41, 5.74) is 1.78. The molecule has 0 aromatic carbocycles. The van der Waals surface area contributed by atoms with E-state index in [2.05, 4.69) is 9.82 Å². The van der Waals surface area contributed by atoms with Crippen LogP contribution in [0.1, 0.15) is 11.3 Å². The number of aryl methyl sites for hydroxylation is 1. The van der Waals surface area contributed by atoms with Crippen molar-refractivity contribution in [1.82, 2.24) is 14.5 Å². The van der Waals surface area contributed by atoms with E-state index in [1.165, 1.54) is 0 Å². The quantitative estimate of drug-likeness (QED) is 0.769. The molecule has 0 aliphatic carbocycles. The number of hydrogen-bond donors (Lipinski definition) is 1. The second kappa shape index (κ2) is 4.29. The van der Waals surface area contributed by atoms with Crippen molar-refractivity contribution in [2.24, 2.45) is 7.05 Å². The van der Waals surface area contributed by atoms with Gasteiger partial charge in [0.05, 0.1) is 6.20 Å². The lowest BCUT2D eigenvalue weighted by Gasteiger charge is -2.02. The molecule has 0 amide bonds. The summed E-state index contributed by atoms with van der Waals surface area (Å²) in [5.74, 6) is 0. The Hall–Kier alpha value is -0.590. The monoisotopic (exact) mass is 237 g/mol. The molecule has 0 fully saturated rings. The highest BCUT2D eigenvalue weighted by Crippen LogP contribution is 2.05. The highest BCUT2D eigenvalue weighted by atomic mass is 35.5. The van der Waals surface area contributed by atoms with Crippen molar-refractivity contribution in [2.75, 3.05) is 5.21 Å². The van der Waals surface area contributed by atoms with Crippen molar-refractivity contribution in [1.29, 1.82) is 0 Å². The minimum Gasteiger partial charge on any atom is -0.273 e. The lowest BCUT2D eigenvalue weighted by Crippen LogP contribution is -2.24. The summed E-state index contributed by atoms with van der Waals surface area (Å²) >= 11 is 5.23. The second-order valence-corrected chi connectivity index (χ2v) is 5.31. The number of halogens is 1. The Kier molecular flexibility index (Phi) is 3.52. The fourth-order valence-corrected chi connectivity index (χ4v) is 1.63. The van der Waals surface area contributed by atoms with Crippen LogP contribution in [0, 0.1) is 6.92 Å². The van der Waals surface area contributed by atoms with E-state index >= 15 is 0 Å². The first-order valence-electron chi connectivity index (χ1n) is 3.97. The first kappa shape index (κ1) is 11.5. The molecular weight excluding hydrogens is 226 g/mol. The minimum absolute atomic E-state index is 0.231. The largest absolute Gasteiger partial charge is 0.273 e. The Balaban J connectivity index is 2.68. The third-order valence-electron chi connectivity index (χ3n) is 1.96. The zero-order valence-electron chi connectivity index (χ0n) is 7.99. The molecule has 0 unspecified atom stereocenters. The van der Waals surface area contributed by atoms with Gasteiger partial charge in [0.15, 0.2) is 0 Å². The van der Waals surface area contributed by atoms with E-state index in [0.29, 0.717) is 0 Å². The first-order valence-corrected chi connectivity index (χ1v) is 6.15. The molecule has 1 rings (SSSR count). The zero-order valence-corrected chi connectivity index (χ0v) is 9.56. The summed E-state index contributed by atoms with van der Waals surface area (Å²) < 4.78 is 26.1. The Bertz CT molecular complexity index is 413. The van der Waals surface area contributed by atoms with Gasteiger partial charge in [0.25, 0.3) is 0 Å². The topological polar surface area (TPSA) is 64.0 Å². The molecule has 0 atom stereocenters.